The van der Waals surface area contributed by atoms with Crippen LogP contribution in [0.4, 0.5) is 0 Å². The average molecular weight is 590 g/mol. The molecule has 0 spiro atoms. The van der Waals surface area contributed by atoms with Gasteiger partial charge >= 0.3 is 0 Å². The summed E-state index contributed by atoms with van der Waals surface area (Å²) < 4.78 is 7.22. The number of rotatable bonds is 1. The summed E-state index contributed by atoms with van der Waals surface area (Å²) in [5, 5.41) is 0. The van der Waals surface area contributed by atoms with E-state index in [9.17, 15) is 0 Å². The minimum atomic E-state index is -0.281. The molecular formula is C42H55NO. The molecule has 2 nitrogen and oxygen atoms in total. The molecule has 7 unspecified atom stereocenters. The summed E-state index contributed by atoms with van der Waals surface area (Å²) in [6.07, 6.45) is 1.04. The molecule has 0 radical (unpaired) electrons. The number of hydrogen-bond donors (Lipinski definition) is 0. The van der Waals surface area contributed by atoms with Crippen molar-refractivity contribution in [3.05, 3.63) is 77.9 Å². The van der Waals surface area contributed by atoms with E-state index >= 15 is 0 Å². The number of nitrogens with zero attached hydrogens (tertiary/aromatic N) is 1. The molecule has 4 aliphatic rings. The van der Waals surface area contributed by atoms with Crippen molar-refractivity contribution >= 4 is 0 Å². The van der Waals surface area contributed by atoms with Crippen LogP contribution in [-0.2, 0) is 11.2 Å². The fourth-order valence-corrected chi connectivity index (χ4v) is 10.4. The fourth-order valence-electron chi connectivity index (χ4n) is 10.4. The van der Waals surface area contributed by atoms with E-state index in [-0.39, 0.29) is 11.5 Å². The Bertz CT molecular complexity index is 1790. The second-order valence-electron chi connectivity index (χ2n) is 15.9. The van der Waals surface area contributed by atoms with Gasteiger partial charge in [-0.3, -0.25) is 4.90 Å². The van der Waals surface area contributed by atoms with Crippen LogP contribution in [0.25, 0.3) is 22.3 Å². The van der Waals surface area contributed by atoms with Crippen LogP contribution in [0.1, 0.15) is 137 Å². The van der Waals surface area contributed by atoms with Crippen LogP contribution < -0.4 is 0 Å². The summed E-state index contributed by atoms with van der Waals surface area (Å²) >= 11 is 0. The zero-order valence-corrected chi connectivity index (χ0v) is 30.2. The predicted molar refractivity (Wildman–Crippen MR) is 186 cm³/mol. The Morgan fingerprint density at radius 2 is 1.09 bits per heavy atom. The maximum absolute atomic E-state index is 7.22. The van der Waals surface area contributed by atoms with E-state index < -0.39 is 0 Å². The van der Waals surface area contributed by atoms with Crippen LogP contribution in [0.5, 0.6) is 0 Å². The minimum Gasteiger partial charge on any atom is -0.374 e. The van der Waals surface area contributed by atoms with Gasteiger partial charge in [0.25, 0.3) is 0 Å². The van der Waals surface area contributed by atoms with Crippen molar-refractivity contribution in [2.75, 3.05) is 13.7 Å². The Kier molecular flexibility index (Phi) is 6.57. The lowest BCUT2D eigenvalue weighted by Crippen LogP contribution is -2.51. The van der Waals surface area contributed by atoms with Crippen LogP contribution in [0.3, 0.4) is 0 Å². The Morgan fingerprint density at radius 3 is 1.70 bits per heavy atom. The van der Waals surface area contributed by atoms with Crippen molar-refractivity contribution in [3.8, 4) is 22.3 Å². The fraction of sp³-hybridized carbons (Fsp3) is 0.571. The third-order valence-corrected chi connectivity index (χ3v) is 14.6. The monoisotopic (exact) mass is 589 g/mol. The molecular weight excluding hydrogens is 534 g/mol. The van der Waals surface area contributed by atoms with Crippen molar-refractivity contribution in [1.82, 2.24) is 4.90 Å². The van der Waals surface area contributed by atoms with Gasteiger partial charge in [-0.1, -0.05) is 20.8 Å². The topological polar surface area (TPSA) is 12.5 Å². The summed E-state index contributed by atoms with van der Waals surface area (Å²) in [7, 11) is 2.35. The average Bonchev–Trinajstić information content (AvgIpc) is 3.63. The molecule has 3 aromatic carbocycles. The molecule has 0 amide bonds. The summed E-state index contributed by atoms with van der Waals surface area (Å²) in [6.45, 7) is 34.6. The smallest absolute Gasteiger partial charge is 0.0791 e. The number of benzene rings is 3. The molecule has 0 N–H and O–H groups in total. The predicted octanol–water partition coefficient (Wildman–Crippen LogP) is 10.6. The molecule has 3 aromatic rings. The zero-order valence-electron chi connectivity index (χ0n) is 30.2. The van der Waals surface area contributed by atoms with Crippen LogP contribution in [-0.4, -0.2) is 24.2 Å². The maximum Gasteiger partial charge on any atom is 0.0791 e. The molecule has 44 heavy (non-hydrogen) atoms. The normalized spacial score (nSPS) is 30.3. The van der Waals surface area contributed by atoms with Gasteiger partial charge in [-0.15, -0.1) is 0 Å². The lowest BCUT2D eigenvalue weighted by Gasteiger charge is -2.50. The molecule has 7 rings (SSSR count). The standard InChI is InChI=1S/C42H55NO/c1-18-17-44-42(14,28(11)19(18)2)41-35-27(10)23(6)22(5)26(9)34(35)40-37-30(13)43(15)29(12)36(37)38-32(39(40)41)16-31-24(7)20(3)21(4)25(8)33(31)38/h18-19,28-30,41H,16-17H2,1-15H3. The third-order valence-electron chi connectivity index (χ3n) is 14.6. The van der Waals surface area contributed by atoms with Gasteiger partial charge in [-0.25, -0.2) is 0 Å². The van der Waals surface area contributed by atoms with E-state index in [0.717, 1.165) is 13.0 Å². The molecule has 1 fully saturated rings. The summed E-state index contributed by atoms with van der Waals surface area (Å²) in [6, 6.07) is 0.739. The second kappa shape index (κ2) is 9.55. The minimum absolute atomic E-state index is 0.222. The summed E-state index contributed by atoms with van der Waals surface area (Å²) in [4.78, 5) is 2.63. The molecule has 2 aliphatic carbocycles. The Labute approximate surface area is 267 Å². The van der Waals surface area contributed by atoms with E-state index in [1.54, 1.807) is 55.6 Å². The van der Waals surface area contributed by atoms with Gasteiger partial charge < -0.3 is 4.74 Å². The van der Waals surface area contributed by atoms with E-state index in [4.69, 9.17) is 4.74 Å². The lowest BCUT2D eigenvalue weighted by atomic mass is 9.64. The zero-order chi connectivity index (χ0) is 32.1. The Hall–Kier alpha value is -2.42. The van der Waals surface area contributed by atoms with E-state index in [2.05, 4.69) is 109 Å². The van der Waals surface area contributed by atoms with Crippen LogP contribution >= 0.6 is 0 Å². The van der Waals surface area contributed by atoms with Crippen LogP contribution in [0.2, 0.25) is 0 Å². The molecule has 7 atom stereocenters. The molecule has 1 saturated heterocycles. The Morgan fingerprint density at radius 1 is 0.568 bits per heavy atom. The highest BCUT2D eigenvalue weighted by atomic mass is 16.5. The second-order valence-corrected chi connectivity index (χ2v) is 15.9. The van der Waals surface area contributed by atoms with Gasteiger partial charge in [0.1, 0.15) is 0 Å². The number of ether oxygens (including phenoxy) is 1. The van der Waals surface area contributed by atoms with Gasteiger partial charge in [0.15, 0.2) is 0 Å². The van der Waals surface area contributed by atoms with Crippen molar-refractivity contribution in [3.63, 3.8) is 0 Å². The molecule has 234 valence electrons. The van der Waals surface area contributed by atoms with Crippen molar-refractivity contribution in [2.24, 2.45) is 17.8 Å². The van der Waals surface area contributed by atoms with Gasteiger partial charge in [-0.05, 0) is 208 Å². The first-order valence-electron chi connectivity index (χ1n) is 17.4. The summed E-state index contributed by atoms with van der Waals surface area (Å²) in [5.41, 5.74) is 27.3. The molecule has 2 aliphatic heterocycles. The molecule has 2 heteroatoms. The number of fused-ring (bicyclic) bond motifs is 10. The van der Waals surface area contributed by atoms with Crippen LogP contribution in [0.15, 0.2) is 0 Å². The SMILES string of the molecule is Cc1c(C)c(C)c2c(c1C)Cc1c-2c2c(c3c1C(C1(C)OCC(C)C(C)C1C)c1c(C)c(C)c(C)c(C)c1-3)C(C)N(C)C2C. The first-order valence-corrected chi connectivity index (χ1v) is 17.4. The lowest BCUT2D eigenvalue weighted by molar-refractivity contribution is -0.153. The van der Waals surface area contributed by atoms with Gasteiger partial charge in [-0.2, -0.15) is 0 Å². The first kappa shape index (κ1) is 30.2. The molecule has 0 bridgehead atoms. The third kappa shape index (κ3) is 3.40. The number of hydrogen-bond acceptors (Lipinski definition) is 2. The van der Waals surface area contributed by atoms with Gasteiger partial charge in [0.05, 0.1) is 12.2 Å². The van der Waals surface area contributed by atoms with E-state index in [1.807, 2.05) is 0 Å². The van der Waals surface area contributed by atoms with E-state index in [1.165, 1.54) is 44.5 Å². The van der Waals surface area contributed by atoms with Crippen molar-refractivity contribution in [1.29, 1.82) is 0 Å². The molecule has 2 heterocycles. The molecule has 0 aromatic heterocycles. The largest absolute Gasteiger partial charge is 0.374 e. The summed E-state index contributed by atoms with van der Waals surface area (Å²) in [5.74, 6) is 1.84. The maximum atomic E-state index is 7.22. The van der Waals surface area contributed by atoms with Crippen molar-refractivity contribution < 1.29 is 4.74 Å². The highest BCUT2D eigenvalue weighted by Gasteiger charge is 2.55. The van der Waals surface area contributed by atoms with E-state index in [0.29, 0.717) is 29.8 Å². The highest BCUT2D eigenvalue weighted by molar-refractivity contribution is 5.97. The Balaban J connectivity index is 1.69. The van der Waals surface area contributed by atoms with Crippen LogP contribution in [0, 0.1) is 73.1 Å². The molecule has 0 saturated carbocycles. The van der Waals surface area contributed by atoms with Gasteiger partial charge in [0, 0.05) is 18.0 Å². The quantitative estimate of drug-likeness (QED) is 0.219. The van der Waals surface area contributed by atoms with Crippen molar-refractivity contribution in [2.45, 2.75) is 127 Å². The first-order chi connectivity index (χ1) is 20.6. The van der Waals surface area contributed by atoms with Gasteiger partial charge in [0.2, 0.25) is 0 Å². The highest BCUT2D eigenvalue weighted by Crippen LogP contribution is 2.66.